The number of aliphatic hydroxyl groups is 1. The first kappa shape index (κ1) is 18.3. The number of allylic oxidation sites excluding steroid dienone is 2. The molecule has 2 fully saturated rings. The second-order valence-corrected chi connectivity index (χ2v) is 10.5. The van der Waals surface area contributed by atoms with Crippen LogP contribution in [0.5, 0.6) is 0 Å². The molecule has 5 rings (SSSR count). The van der Waals surface area contributed by atoms with Crippen LogP contribution < -0.4 is 0 Å². The summed E-state index contributed by atoms with van der Waals surface area (Å²) in [5, 5.41) is 11.4. The average molecular weight is 384 g/mol. The summed E-state index contributed by atoms with van der Waals surface area (Å²) in [5.41, 5.74) is -0.606. The maximum atomic E-state index is 14.0. The van der Waals surface area contributed by atoms with Gasteiger partial charge in [-0.1, -0.05) is 39.7 Å². The molecule has 0 aromatic heterocycles. The fraction of sp³-hybridized carbons (Fsp3) is 0.696. The second-order valence-electron chi connectivity index (χ2n) is 10.5. The second kappa shape index (κ2) is 5.05. The highest BCUT2D eigenvalue weighted by atomic mass is 16.6. The fourth-order valence-electron chi connectivity index (χ4n) is 7.64. The Labute approximate surface area is 165 Å². The van der Waals surface area contributed by atoms with E-state index in [-0.39, 0.29) is 34.8 Å². The van der Waals surface area contributed by atoms with Gasteiger partial charge >= 0.3 is 5.97 Å². The van der Waals surface area contributed by atoms with E-state index in [1.54, 1.807) is 6.08 Å². The third-order valence-corrected chi connectivity index (χ3v) is 8.57. The molecule has 1 saturated carbocycles. The lowest BCUT2D eigenvalue weighted by molar-refractivity contribution is -0.151. The molecule has 6 atom stereocenters. The van der Waals surface area contributed by atoms with Crippen molar-refractivity contribution in [3.8, 4) is 0 Å². The molecular formula is C23H28O5. The van der Waals surface area contributed by atoms with Gasteiger partial charge in [0.15, 0.2) is 11.6 Å². The van der Waals surface area contributed by atoms with Gasteiger partial charge < -0.3 is 9.84 Å². The summed E-state index contributed by atoms with van der Waals surface area (Å²) in [6.45, 7) is 9.87. The number of carbonyl (C=O) groups excluding carboxylic acids is 3. The summed E-state index contributed by atoms with van der Waals surface area (Å²) in [7, 11) is 0. The number of esters is 1. The number of aliphatic hydroxyl groups excluding tert-OH is 1. The first-order chi connectivity index (χ1) is 13.0. The Hall–Kier alpha value is -1.75. The number of Topliss-reactive ketones (excluding diaryl/α,β-unsaturated/α-hetero) is 1. The van der Waals surface area contributed by atoms with E-state index >= 15 is 0 Å². The minimum absolute atomic E-state index is 0.177. The molecule has 2 unspecified atom stereocenters. The molecule has 2 bridgehead atoms. The van der Waals surface area contributed by atoms with Crippen LogP contribution in [0.15, 0.2) is 22.8 Å². The monoisotopic (exact) mass is 384 g/mol. The molecule has 0 radical (unpaired) electrons. The van der Waals surface area contributed by atoms with Crippen molar-refractivity contribution in [1.82, 2.24) is 0 Å². The van der Waals surface area contributed by atoms with E-state index in [1.165, 1.54) is 0 Å². The van der Waals surface area contributed by atoms with Crippen LogP contribution in [0.1, 0.15) is 53.9 Å². The highest BCUT2D eigenvalue weighted by Gasteiger charge is 2.77. The van der Waals surface area contributed by atoms with Gasteiger partial charge in [0.25, 0.3) is 0 Å². The van der Waals surface area contributed by atoms with Gasteiger partial charge in [0, 0.05) is 17.4 Å². The van der Waals surface area contributed by atoms with Gasteiger partial charge in [0.1, 0.15) is 23.0 Å². The lowest BCUT2D eigenvalue weighted by Gasteiger charge is -2.51. The topological polar surface area (TPSA) is 80.7 Å². The minimum atomic E-state index is -1.21. The zero-order chi connectivity index (χ0) is 20.4. The lowest BCUT2D eigenvalue weighted by atomic mass is 9.49. The quantitative estimate of drug-likeness (QED) is 0.555. The molecular weight excluding hydrogens is 356 g/mol. The summed E-state index contributed by atoms with van der Waals surface area (Å²) < 4.78 is 5.77. The highest BCUT2D eigenvalue weighted by molar-refractivity contribution is 6.25. The van der Waals surface area contributed by atoms with Crippen molar-refractivity contribution in [2.75, 3.05) is 0 Å². The van der Waals surface area contributed by atoms with Crippen molar-refractivity contribution in [3.63, 3.8) is 0 Å². The van der Waals surface area contributed by atoms with E-state index in [0.29, 0.717) is 17.6 Å². The molecule has 0 spiro atoms. The minimum Gasteiger partial charge on any atom is -0.458 e. The Balaban J connectivity index is 1.83. The number of carbonyl (C=O) groups is 3. The zero-order valence-electron chi connectivity index (χ0n) is 17.2. The molecule has 4 aliphatic carbocycles. The van der Waals surface area contributed by atoms with Crippen LogP contribution in [-0.4, -0.2) is 34.9 Å². The van der Waals surface area contributed by atoms with Crippen LogP contribution in [0.4, 0.5) is 0 Å². The predicted molar refractivity (Wildman–Crippen MR) is 101 cm³/mol. The van der Waals surface area contributed by atoms with Crippen molar-refractivity contribution in [3.05, 3.63) is 22.8 Å². The molecule has 1 saturated heterocycles. The van der Waals surface area contributed by atoms with Gasteiger partial charge in [0.2, 0.25) is 0 Å². The van der Waals surface area contributed by atoms with Crippen molar-refractivity contribution in [2.24, 2.45) is 34.0 Å². The van der Waals surface area contributed by atoms with Crippen molar-refractivity contribution >= 4 is 17.5 Å². The van der Waals surface area contributed by atoms with Crippen molar-refractivity contribution in [1.29, 1.82) is 0 Å². The first-order valence-electron chi connectivity index (χ1n) is 10.4. The van der Waals surface area contributed by atoms with Gasteiger partial charge in [0.05, 0.1) is 0 Å². The largest absolute Gasteiger partial charge is 0.458 e. The maximum absolute atomic E-state index is 14.0. The van der Waals surface area contributed by atoms with Crippen LogP contribution in [0.3, 0.4) is 0 Å². The zero-order valence-corrected chi connectivity index (χ0v) is 17.2. The molecule has 0 aromatic rings. The lowest BCUT2D eigenvalue weighted by Crippen LogP contribution is -2.55. The first-order valence-corrected chi connectivity index (χ1v) is 10.4. The van der Waals surface area contributed by atoms with E-state index in [1.807, 2.05) is 20.8 Å². The molecule has 5 aliphatic rings. The van der Waals surface area contributed by atoms with Crippen LogP contribution in [0.25, 0.3) is 0 Å². The average Bonchev–Trinajstić information content (AvgIpc) is 3.13. The van der Waals surface area contributed by atoms with Crippen LogP contribution in [0, 0.1) is 34.0 Å². The van der Waals surface area contributed by atoms with E-state index in [9.17, 15) is 19.5 Å². The number of ketones is 2. The van der Waals surface area contributed by atoms with Gasteiger partial charge in [-0.25, -0.2) is 0 Å². The van der Waals surface area contributed by atoms with Gasteiger partial charge in [-0.05, 0) is 42.7 Å². The Morgan fingerprint density at radius 1 is 1.18 bits per heavy atom. The molecule has 5 nitrogen and oxygen atoms in total. The summed E-state index contributed by atoms with van der Waals surface area (Å²) >= 11 is 0. The number of hydrogen-bond acceptors (Lipinski definition) is 5. The van der Waals surface area contributed by atoms with E-state index in [0.717, 1.165) is 18.4 Å². The van der Waals surface area contributed by atoms with Gasteiger partial charge in [-0.3, -0.25) is 14.4 Å². The van der Waals surface area contributed by atoms with Crippen LogP contribution in [-0.2, 0) is 19.1 Å². The van der Waals surface area contributed by atoms with Crippen LogP contribution in [0.2, 0.25) is 0 Å². The third kappa shape index (κ3) is 1.61. The summed E-state index contributed by atoms with van der Waals surface area (Å²) in [5.74, 6) is -1.69. The molecule has 1 N–H and O–H groups in total. The van der Waals surface area contributed by atoms with Gasteiger partial charge in [-0.15, -0.1) is 0 Å². The van der Waals surface area contributed by atoms with Crippen molar-refractivity contribution < 1.29 is 24.2 Å². The smallest absolute Gasteiger partial charge is 0.317 e. The van der Waals surface area contributed by atoms with Crippen LogP contribution >= 0.6 is 0 Å². The number of rotatable bonds is 1. The highest BCUT2D eigenvalue weighted by Crippen LogP contribution is 2.71. The predicted octanol–water partition coefficient (Wildman–Crippen LogP) is 2.77. The number of hydrogen-bond donors (Lipinski definition) is 1. The number of ether oxygens (including phenoxy) is 1. The van der Waals surface area contributed by atoms with Gasteiger partial charge in [-0.2, -0.15) is 0 Å². The summed E-state index contributed by atoms with van der Waals surface area (Å²) in [6.07, 6.45) is 2.21. The Morgan fingerprint density at radius 3 is 2.50 bits per heavy atom. The molecule has 28 heavy (non-hydrogen) atoms. The normalized spacial score (nSPS) is 45.8. The van der Waals surface area contributed by atoms with E-state index in [4.69, 9.17) is 4.74 Å². The van der Waals surface area contributed by atoms with E-state index in [2.05, 4.69) is 13.8 Å². The maximum Gasteiger partial charge on any atom is 0.317 e. The number of fused-ring (bicyclic) bond motifs is 2. The molecule has 5 heteroatoms. The van der Waals surface area contributed by atoms with Crippen molar-refractivity contribution in [2.45, 2.75) is 66.1 Å². The SMILES string of the molecule is CC1=CC(=O)C2(C(C)C)C(=O)C3=C(C12)[C@@H](O)[C@@H]1OC(=O)[C@]32CCCC(C)(C)[C@@H]12. The molecule has 1 heterocycles. The van der Waals surface area contributed by atoms with E-state index < -0.39 is 29.0 Å². The molecule has 0 amide bonds. The standard InChI is InChI=1S/C23H28O5/c1-10(2)23-12(24)9-11(3)14(23)13-15(19(23)26)22-8-6-7-21(4,5)18(22)17(16(13)25)28-20(22)27/h9-10,14,16-18,25H,6-8H2,1-5H3/t14?,16-,17+,18-,22-,23?/m1/s1. The Bertz CT molecular complexity index is 906. The third-order valence-electron chi connectivity index (χ3n) is 8.57. The Kier molecular flexibility index (Phi) is 3.30. The molecule has 1 aliphatic heterocycles. The fourth-order valence-corrected chi connectivity index (χ4v) is 7.64. The molecule has 150 valence electrons. The summed E-state index contributed by atoms with van der Waals surface area (Å²) in [6, 6.07) is 0. The summed E-state index contributed by atoms with van der Waals surface area (Å²) in [4.78, 5) is 40.5. The Morgan fingerprint density at radius 2 is 1.86 bits per heavy atom. The molecule has 0 aromatic carbocycles.